The molecule has 2 aromatic rings. The van der Waals surface area contributed by atoms with Crippen LogP contribution in [0.2, 0.25) is 0 Å². The van der Waals surface area contributed by atoms with Crippen molar-refractivity contribution in [1.82, 2.24) is 4.90 Å². The third-order valence-corrected chi connectivity index (χ3v) is 5.01. The first-order valence-electron chi connectivity index (χ1n) is 8.03. The fourth-order valence-corrected chi connectivity index (χ4v) is 3.57. The highest BCUT2D eigenvalue weighted by Gasteiger charge is 2.44. The molecular formula is C19H18N2O4S. The van der Waals surface area contributed by atoms with Gasteiger partial charge in [0.2, 0.25) is 5.91 Å². The van der Waals surface area contributed by atoms with Crippen molar-refractivity contribution in [1.29, 1.82) is 0 Å². The zero-order valence-electron chi connectivity index (χ0n) is 14.3. The van der Waals surface area contributed by atoms with Gasteiger partial charge in [0.25, 0.3) is 11.8 Å². The molecule has 7 heteroatoms. The number of anilines is 1. The molecule has 0 radical (unpaired) electrons. The third kappa shape index (κ3) is 3.25. The average Bonchev–Trinajstić information content (AvgIpc) is 3.28. The summed E-state index contributed by atoms with van der Waals surface area (Å²) >= 11 is 1.30. The minimum atomic E-state index is -0.836. The minimum absolute atomic E-state index is 0.0458. The summed E-state index contributed by atoms with van der Waals surface area (Å²) in [5.41, 5.74) is 0.463. The smallest absolute Gasteiger partial charge is 0.264 e. The van der Waals surface area contributed by atoms with Gasteiger partial charge in [0.15, 0.2) is 0 Å². The van der Waals surface area contributed by atoms with Crippen LogP contribution in [-0.4, -0.2) is 42.3 Å². The van der Waals surface area contributed by atoms with Crippen molar-refractivity contribution in [2.45, 2.75) is 12.5 Å². The lowest BCUT2D eigenvalue weighted by molar-refractivity contribution is -0.122. The maximum absolute atomic E-state index is 12.9. The first kappa shape index (κ1) is 17.9. The summed E-state index contributed by atoms with van der Waals surface area (Å²) in [7, 11) is 1.54. The molecule has 3 amide bonds. The average molecular weight is 370 g/mol. The number of thiophene rings is 1. The number of ether oxygens (including phenoxy) is 1. The summed E-state index contributed by atoms with van der Waals surface area (Å²) in [5.74, 6) is -0.390. The molecular weight excluding hydrogens is 352 g/mol. The van der Waals surface area contributed by atoms with Crippen molar-refractivity contribution >= 4 is 34.7 Å². The predicted octanol–water partition coefficient (Wildman–Crippen LogP) is 2.72. The molecule has 0 saturated carbocycles. The largest absolute Gasteiger partial charge is 0.497 e. The zero-order valence-corrected chi connectivity index (χ0v) is 15.1. The molecule has 1 aliphatic heterocycles. The van der Waals surface area contributed by atoms with E-state index in [2.05, 4.69) is 6.58 Å². The van der Waals surface area contributed by atoms with E-state index >= 15 is 0 Å². The first-order valence-corrected chi connectivity index (χ1v) is 8.91. The van der Waals surface area contributed by atoms with Crippen molar-refractivity contribution in [2.75, 3.05) is 18.6 Å². The SMILES string of the molecule is C=CCN(C(=O)c1cccs1)C1CC(=O)N(c2ccc(OC)cc2)C1=O. The minimum Gasteiger partial charge on any atom is -0.497 e. The number of carbonyl (C=O) groups is 3. The highest BCUT2D eigenvalue weighted by atomic mass is 32.1. The molecule has 0 spiro atoms. The number of amides is 3. The van der Waals surface area contributed by atoms with Gasteiger partial charge >= 0.3 is 0 Å². The number of imide groups is 1. The number of hydrogen-bond acceptors (Lipinski definition) is 5. The van der Waals surface area contributed by atoms with Crippen LogP contribution in [0.3, 0.4) is 0 Å². The first-order chi connectivity index (χ1) is 12.6. The number of carbonyl (C=O) groups excluding carboxylic acids is 3. The van der Waals surface area contributed by atoms with Crippen molar-refractivity contribution < 1.29 is 19.1 Å². The highest BCUT2D eigenvalue weighted by Crippen LogP contribution is 2.28. The van der Waals surface area contributed by atoms with E-state index in [0.29, 0.717) is 16.3 Å². The van der Waals surface area contributed by atoms with Gasteiger partial charge in [-0.3, -0.25) is 14.4 Å². The Bertz CT molecular complexity index is 830. The zero-order chi connectivity index (χ0) is 18.7. The number of nitrogens with zero attached hydrogens (tertiary/aromatic N) is 2. The quantitative estimate of drug-likeness (QED) is 0.579. The molecule has 6 nitrogen and oxygen atoms in total. The topological polar surface area (TPSA) is 66.9 Å². The second-order valence-electron chi connectivity index (χ2n) is 5.71. The van der Waals surface area contributed by atoms with Crippen LogP contribution in [0.1, 0.15) is 16.1 Å². The van der Waals surface area contributed by atoms with Crippen molar-refractivity contribution in [3.63, 3.8) is 0 Å². The number of hydrogen-bond donors (Lipinski definition) is 0. The Balaban J connectivity index is 1.87. The normalized spacial score (nSPS) is 16.7. The molecule has 1 aromatic heterocycles. The monoisotopic (exact) mass is 370 g/mol. The summed E-state index contributed by atoms with van der Waals surface area (Å²) < 4.78 is 5.10. The summed E-state index contributed by atoms with van der Waals surface area (Å²) in [6.45, 7) is 3.85. The molecule has 1 unspecified atom stereocenters. The van der Waals surface area contributed by atoms with E-state index in [0.717, 1.165) is 4.90 Å². The van der Waals surface area contributed by atoms with Crippen LogP contribution in [0, 0.1) is 0 Å². The van der Waals surface area contributed by atoms with E-state index in [9.17, 15) is 14.4 Å². The summed E-state index contributed by atoms with van der Waals surface area (Å²) in [6.07, 6.45) is 1.51. The molecule has 1 atom stereocenters. The van der Waals surface area contributed by atoms with E-state index in [1.807, 2.05) is 0 Å². The predicted molar refractivity (Wildman–Crippen MR) is 99.4 cm³/mol. The lowest BCUT2D eigenvalue weighted by Gasteiger charge is -2.26. The fraction of sp³-hybridized carbons (Fsp3) is 0.211. The van der Waals surface area contributed by atoms with E-state index in [1.54, 1.807) is 55.0 Å². The Labute approximate surface area is 155 Å². The fourth-order valence-electron chi connectivity index (χ4n) is 2.89. The van der Waals surface area contributed by atoms with Crippen LogP contribution >= 0.6 is 11.3 Å². The van der Waals surface area contributed by atoms with Crippen LogP contribution in [0.4, 0.5) is 5.69 Å². The second-order valence-corrected chi connectivity index (χ2v) is 6.66. The molecule has 1 aromatic carbocycles. The van der Waals surface area contributed by atoms with Gasteiger partial charge in [-0.2, -0.15) is 0 Å². The van der Waals surface area contributed by atoms with E-state index in [-0.39, 0.29) is 24.8 Å². The summed E-state index contributed by atoms with van der Waals surface area (Å²) in [6, 6.07) is 9.30. The molecule has 26 heavy (non-hydrogen) atoms. The van der Waals surface area contributed by atoms with Crippen molar-refractivity contribution in [3.8, 4) is 5.75 Å². The van der Waals surface area contributed by atoms with E-state index < -0.39 is 11.9 Å². The maximum atomic E-state index is 12.9. The maximum Gasteiger partial charge on any atom is 0.264 e. The molecule has 134 valence electrons. The number of benzene rings is 1. The van der Waals surface area contributed by atoms with Gasteiger partial charge in [-0.05, 0) is 35.7 Å². The molecule has 1 saturated heterocycles. The van der Waals surface area contributed by atoms with Crippen molar-refractivity contribution in [3.05, 3.63) is 59.3 Å². The van der Waals surface area contributed by atoms with Gasteiger partial charge in [0, 0.05) is 6.54 Å². The molecule has 1 fully saturated rings. The summed E-state index contributed by atoms with van der Waals surface area (Å²) in [4.78, 5) is 41.2. The molecule has 0 aliphatic carbocycles. The molecule has 3 rings (SSSR count). The van der Waals surface area contributed by atoms with Crippen LogP contribution in [0.15, 0.2) is 54.4 Å². The third-order valence-electron chi connectivity index (χ3n) is 4.15. The van der Waals surface area contributed by atoms with Gasteiger partial charge in [-0.15, -0.1) is 17.9 Å². The van der Waals surface area contributed by atoms with Gasteiger partial charge in [-0.1, -0.05) is 12.1 Å². The highest BCUT2D eigenvalue weighted by molar-refractivity contribution is 7.12. The molecule has 2 heterocycles. The Hall–Kier alpha value is -2.93. The van der Waals surface area contributed by atoms with Crippen LogP contribution in [0.25, 0.3) is 0 Å². The lowest BCUT2D eigenvalue weighted by Crippen LogP contribution is -2.45. The van der Waals surface area contributed by atoms with Crippen LogP contribution < -0.4 is 9.64 Å². The number of methoxy groups -OCH3 is 1. The second kappa shape index (κ2) is 7.53. The standard InChI is InChI=1S/C19H18N2O4S/c1-3-10-20(19(24)16-5-4-11-26-16)15-12-17(22)21(18(15)23)13-6-8-14(25-2)9-7-13/h3-9,11,15H,1,10,12H2,2H3. The van der Waals surface area contributed by atoms with Crippen molar-refractivity contribution in [2.24, 2.45) is 0 Å². The van der Waals surface area contributed by atoms with Gasteiger partial charge in [-0.25, -0.2) is 4.90 Å². The van der Waals surface area contributed by atoms with Crippen LogP contribution in [0.5, 0.6) is 5.75 Å². The van der Waals surface area contributed by atoms with E-state index in [1.165, 1.54) is 16.2 Å². The molecule has 1 aliphatic rings. The van der Waals surface area contributed by atoms with Crippen LogP contribution in [-0.2, 0) is 9.59 Å². The lowest BCUT2D eigenvalue weighted by atomic mass is 10.2. The Morgan fingerprint density at radius 3 is 2.65 bits per heavy atom. The number of rotatable bonds is 6. The van der Waals surface area contributed by atoms with Gasteiger partial charge in [0.05, 0.1) is 24.1 Å². The van der Waals surface area contributed by atoms with Gasteiger partial charge in [0.1, 0.15) is 11.8 Å². The Kier molecular flexibility index (Phi) is 5.18. The summed E-state index contributed by atoms with van der Waals surface area (Å²) in [5, 5.41) is 1.80. The van der Waals surface area contributed by atoms with Gasteiger partial charge < -0.3 is 9.64 Å². The molecule has 0 bridgehead atoms. The Morgan fingerprint density at radius 1 is 1.35 bits per heavy atom. The van der Waals surface area contributed by atoms with E-state index in [4.69, 9.17) is 4.74 Å². The Morgan fingerprint density at radius 2 is 2.08 bits per heavy atom. The molecule has 0 N–H and O–H groups in total.